The molecule has 30 heavy (non-hydrogen) atoms. The number of thiazole rings is 1. The highest BCUT2D eigenvalue weighted by Gasteiger charge is 2.13. The molecular weight excluding hydrogens is 398 g/mol. The molecule has 4 rings (SSSR count). The molecule has 0 N–H and O–H groups in total. The fraction of sp³-hybridized carbons (Fsp3) is 0.130. The molecule has 150 valence electrons. The molecule has 4 aromatic rings. The van der Waals surface area contributed by atoms with Gasteiger partial charge in [0.2, 0.25) is 0 Å². The van der Waals surface area contributed by atoms with Crippen LogP contribution in [0, 0.1) is 10.1 Å². The van der Waals surface area contributed by atoms with Crippen LogP contribution in [0.15, 0.2) is 77.8 Å². The predicted molar refractivity (Wildman–Crippen MR) is 119 cm³/mol. The van der Waals surface area contributed by atoms with Crippen LogP contribution in [0.1, 0.15) is 23.7 Å². The number of amides is 1. The summed E-state index contributed by atoms with van der Waals surface area (Å²) in [6.45, 7) is 2.71. The van der Waals surface area contributed by atoms with Crippen molar-refractivity contribution in [3.05, 3.63) is 93.3 Å². The van der Waals surface area contributed by atoms with Crippen LogP contribution < -0.4 is 4.80 Å². The van der Waals surface area contributed by atoms with E-state index in [1.54, 1.807) is 18.2 Å². The number of rotatable bonds is 5. The fourth-order valence-corrected chi connectivity index (χ4v) is 4.38. The molecule has 1 heterocycles. The van der Waals surface area contributed by atoms with Crippen molar-refractivity contribution in [2.24, 2.45) is 4.99 Å². The number of nitro benzene ring substituents is 1. The van der Waals surface area contributed by atoms with Gasteiger partial charge < -0.3 is 4.57 Å². The number of hydrogen-bond donors (Lipinski definition) is 0. The summed E-state index contributed by atoms with van der Waals surface area (Å²) in [7, 11) is 0. The third-order valence-electron chi connectivity index (χ3n) is 4.76. The Kier molecular flexibility index (Phi) is 5.54. The van der Waals surface area contributed by atoms with E-state index in [9.17, 15) is 14.9 Å². The van der Waals surface area contributed by atoms with Crippen LogP contribution in [0.5, 0.6) is 0 Å². The van der Waals surface area contributed by atoms with E-state index in [-0.39, 0.29) is 11.6 Å². The van der Waals surface area contributed by atoms with E-state index in [1.165, 1.54) is 23.5 Å². The maximum Gasteiger partial charge on any atom is 0.279 e. The van der Waals surface area contributed by atoms with Gasteiger partial charge in [-0.2, -0.15) is 4.99 Å². The molecule has 0 saturated heterocycles. The Morgan fingerprint density at radius 2 is 1.73 bits per heavy atom. The Hall–Kier alpha value is -3.58. The number of aryl methyl sites for hydroxylation is 1. The molecule has 0 unspecified atom stereocenters. The molecule has 6 nitrogen and oxygen atoms in total. The van der Waals surface area contributed by atoms with Crippen LogP contribution in [0.4, 0.5) is 5.69 Å². The smallest absolute Gasteiger partial charge is 0.279 e. The molecule has 0 saturated carbocycles. The molecule has 0 spiro atoms. The summed E-state index contributed by atoms with van der Waals surface area (Å²) in [4.78, 5) is 28.3. The topological polar surface area (TPSA) is 77.5 Å². The number of fused-ring (bicyclic) bond motifs is 1. The molecule has 0 atom stereocenters. The van der Waals surface area contributed by atoms with E-state index in [2.05, 4.69) is 4.99 Å². The number of nitrogens with zero attached hydrogens (tertiary/aromatic N) is 3. The van der Waals surface area contributed by atoms with Gasteiger partial charge >= 0.3 is 0 Å². The van der Waals surface area contributed by atoms with Crippen molar-refractivity contribution in [1.82, 2.24) is 4.57 Å². The monoisotopic (exact) mass is 417 g/mol. The minimum Gasteiger partial charge on any atom is -0.316 e. The number of carbonyl (C=O) groups excluding carboxylic acids is 1. The highest BCUT2D eigenvalue weighted by atomic mass is 32.1. The third kappa shape index (κ3) is 3.92. The molecule has 0 radical (unpaired) electrons. The zero-order valence-electron chi connectivity index (χ0n) is 16.3. The summed E-state index contributed by atoms with van der Waals surface area (Å²) >= 11 is 1.29. The van der Waals surface area contributed by atoms with Gasteiger partial charge in [0, 0.05) is 24.2 Å². The van der Waals surface area contributed by atoms with Gasteiger partial charge in [0.05, 0.1) is 15.1 Å². The Bertz CT molecular complexity index is 1290. The van der Waals surface area contributed by atoms with Crippen molar-refractivity contribution >= 4 is 33.1 Å². The first-order valence-electron chi connectivity index (χ1n) is 9.59. The van der Waals surface area contributed by atoms with Gasteiger partial charge in [0.1, 0.15) is 0 Å². The first-order valence-corrected chi connectivity index (χ1v) is 10.4. The SMILES string of the molecule is CCCn1c(=NC(=O)c2ccc(-c3ccccc3)cc2)sc2cc([N+](=O)[O-])ccc21. The van der Waals surface area contributed by atoms with Crippen molar-refractivity contribution in [1.29, 1.82) is 0 Å². The summed E-state index contributed by atoms with van der Waals surface area (Å²) in [6.07, 6.45) is 0.857. The van der Waals surface area contributed by atoms with Gasteiger partial charge in [0.25, 0.3) is 11.6 Å². The number of aromatic nitrogens is 1. The standard InChI is InChI=1S/C23H19N3O3S/c1-2-14-25-20-13-12-19(26(28)29)15-21(20)30-23(25)24-22(27)18-10-8-17(9-11-18)16-6-4-3-5-7-16/h3-13,15H,2,14H2,1H3. The Morgan fingerprint density at radius 3 is 2.40 bits per heavy atom. The molecule has 0 aliphatic rings. The van der Waals surface area contributed by atoms with Crippen LogP contribution in [0.2, 0.25) is 0 Å². The van der Waals surface area contributed by atoms with E-state index in [0.717, 1.165) is 27.8 Å². The summed E-state index contributed by atoms with van der Waals surface area (Å²) in [6, 6.07) is 22.1. The van der Waals surface area contributed by atoms with E-state index in [1.807, 2.05) is 54.0 Å². The highest BCUT2D eigenvalue weighted by Crippen LogP contribution is 2.24. The maximum absolute atomic E-state index is 12.8. The van der Waals surface area contributed by atoms with Gasteiger partial charge in [-0.05, 0) is 35.7 Å². The molecule has 0 aliphatic heterocycles. The van der Waals surface area contributed by atoms with Gasteiger partial charge in [0.15, 0.2) is 4.80 Å². The van der Waals surface area contributed by atoms with Crippen molar-refractivity contribution < 1.29 is 9.72 Å². The van der Waals surface area contributed by atoms with Crippen molar-refractivity contribution in [3.63, 3.8) is 0 Å². The lowest BCUT2D eigenvalue weighted by atomic mass is 10.0. The van der Waals surface area contributed by atoms with E-state index < -0.39 is 4.92 Å². The molecule has 7 heteroatoms. The van der Waals surface area contributed by atoms with Crippen LogP contribution in [-0.2, 0) is 6.54 Å². The molecule has 0 bridgehead atoms. The Morgan fingerprint density at radius 1 is 1.03 bits per heavy atom. The van der Waals surface area contributed by atoms with Gasteiger partial charge in [-0.15, -0.1) is 0 Å². The summed E-state index contributed by atoms with van der Waals surface area (Å²) in [5.41, 5.74) is 3.49. The second-order valence-electron chi connectivity index (χ2n) is 6.81. The van der Waals surface area contributed by atoms with Gasteiger partial charge in [-0.25, -0.2) is 0 Å². The van der Waals surface area contributed by atoms with E-state index >= 15 is 0 Å². The van der Waals surface area contributed by atoms with Crippen LogP contribution in [-0.4, -0.2) is 15.4 Å². The lowest BCUT2D eigenvalue weighted by Gasteiger charge is -2.03. The van der Waals surface area contributed by atoms with Gasteiger partial charge in [-0.1, -0.05) is 60.7 Å². The lowest BCUT2D eigenvalue weighted by Crippen LogP contribution is -2.16. The molecule has 3 aromatic carbocycles. The van der Waals surface area contributed by atoms with E-state index in [0.29, 0.717) is 16.9 Å². The molecule has 1 aromatic heterocycles. The van der Waals surface area contributed by atoms with Crippen LogP contribution in [0.3, 0.4) is 0 Å². The normalized spacial score (nSPS) is 11.7. The third-order valence-corrected chi connectivity index (χ3v) is 5.80. The zero-order valence-corrected chi connectivity index (χ0v) is 17.1. The molecule has 0 fully saturated rings. The predicted octanol–water partition coefficient (Wildman–Crippen LogP) is 5.43. The van der Waals surface area contributed by atoms with E-state index in [4.69, 9.17) is 0 Å². The number of hydrogen-bond acceptors (Lipinski definition) is 4. The minimum atomic E-state index is -0.417. The lowest BCUT2D eigenvalue weighted by molar-refractivity contribution is -0.384. The number of non-ortho nitro benzene ring substituents is 1. The van der Waals surface area contributed by atoms with Crippen LogP contribution in [0.25, 0.3) is 21.3 Å². The highest BCUT2D eigenvalue weighted by molar-refractivity contribution is 7.16. The second-order valence-corrected chi connectivity index (χ2v) is 7.81. The summed E-state index contributed by atoms with van der Waals surface area (Å²) < 4.78 is 2.68. The quantitative estimate of drug-likeness (QED) is 0.321. The first kappa shape index (κ1) is 19.7. The molecular formula is C23H19N3O3S. The first-order chi connectivity index (χ1) is 14.6. The fourth-order valence-electron chi connectivity index (χ4n) is 3.29. The second kappa shape index (κ2) is 8.42. The summed E-state index contributed by atoms with van der Waals surface area (Å²) in [5, 5.41) is 11.1. The van der Waals surface area contributed by atoms with Crippen molar-refractivity contribution in [2.45, 2.75) is 19.9 Å². The zero-order chi connectivity index (χ0) is 21.1. The minimum absolute atomic E-state index is 0.0294. The van der Waals surface area contributed by atoms with Gasteiger partial charge in [-0.3, -0.25) is 14.9 Å². The van der Waals surface area contributed by atoms with Crippen molar-refractivity contribution in [3.8, 4) is 11.1 Å². The number of carbonyl (C=O) groups is 1. The maximum atomic E-state index is 12.8. The average Bonchev–Trinajstić information content (AvgIpc) is 3.11. The average molecular weight is 417 g/mol. The largest absolute Gasteiger partial charge is 0.316 e. The summed E-state index contributed by atoms with van der Waals surface area (Å²) in [5.74, 6) is -0.333. The molecule has 0 aliphatic carbocycles. The Balaban J connectivity index is 1.72. The van der Waals surface area contributed by atoms with Crippen LogP contribution >= 0.6 is 11.3 Å². The number of nitro groups is 1. The number of benzene rings is 3. The molecule has 1 amide bonds. The Labute approximate surface area is 176 Å². The van der Waals surface area contributed by atoms with Crippen molar-refractivity contribution in [2.75, 3.05) is 0 Å².